The van der Waals surface area contributed by atoms with E-state index < -0.39 is 0 Å². The van der Waals surface area contributed by atoms with Gasteiger partial charge in [-0.3, -0.25) is 4.79 Å². The highest BCUT2D eigenvalue weighted by Crippen LogP contribution is 2.22. The number of aromatic amines is 1. The molecule has 6 heteroatoms. The van der Waals surface area contributed by atoms with Crippen LogP contribution in [0.1, 0.15) is 0 Å². The van der Waals surface area contributed by atoms with Crippen LogP contribution in [0.2, 0.25) is 0 Å². The average molecular weight is 320 g/mol. The van der Waals surface area contributed by atoms with Gasteiger partial charge in [0.2, 0.25) is 0 Å². The summed E-state index contributed by atoms with van der Waals surface area (Å²) in [4.78, 5) is 19.7. The topological polar surface area (TPSA) is 72.8 Å². The zero-order valence-electron chi connectivity index (χ0n) is 13.2. The van der Waals surface area contributed by atoms with E-state index in [9.17, 15) is 4.79 Å². The molecule has 1 aromatic carbocycles. The molecule has 0 aliphatic rings. The minimum atomic E-state index is -0.258. The van der Waals surface area contributed by atoms with Crippen molar-refractivity contribution >= 4 is 16.7 Å². The first kappa shape index (κ1) is 15.5. The van der Waals surface area contributed by atoms with Crippen molar-refractivity contribution in [1.29, 1.82) is 0 Å². The van der Waals surface area contributed by atoms with Crippen molar-refractivity contribution in [3.63, 3.8) is 0 Å². The maximum absolute atomic E-state index is 12.4. The first-order valence-electron chi connectivity index (χ1n) is 7.26. The van der Waals surface area contributed by atoms with Crippen LogP contribution in [-0.4, -0.2) is 26.9 Å². The fourth-order valence-electron chi connectivity index (χ4n) is 2.36. The van der Waals surface area contributed by atoms with Crippen LogP contribution in [0.15, 0.2) is 66.6 Å². The highest BCUT2D eigenvalue weighted by Gasteiger charge is 2.13. The molecule has 0 atom stereocenters. The summed E-state index contributed by atoms with van der Waals surface area (Å²) >= 11 is 0. The molecule has 3 rings (SSSR count). The third-order valence-electron chi connectivity index (χ3n) is 3.52. The van der Waals surface area contributed by atoms with Crippen LogP contribution in [0.4, 0.5) is 0 Å². The van der Waals surface area contributed by atoms with Gasteiger partial charge in [-0.05, 0) is 24.3 Å². The van der Waals surface area contributed by atoms with E-state index in [-0.39, 0.29) is 5.56 Å². The molecule has 1 N–H and O–H groups in total. The second-order valence-electron chi connectivity index (χ2n) is 4.97. The minimum absolute atomic E-state index is 0.258. The number of benzene rings is 1. The van der Waals surface area contributed by atoms with Crippen LogP contribution < -0.4 is 10.3 Å². The monoisotopic (exact) mass is 320 g/mol. The molecule has 0 aliphatic carbocycles. The van der Waals surface area contributed by atoms with Gasteiger partial charge in [0.05, 0.1) is 19.0 Å². The zero-order valence-corrected chi connectivity index (χ0v) is 13.2. The number of methoxy groups -OCH3 is 1. The third kappa shape index (κ3) is 2.65. The smallest absolute Gasteiger partial charge is 0.262 e. The van der Waals surface area contributed by atoms with Crippen molar-refractivity contribution in [3.8, 4) is 17.1 Å². The number of hydrogen-bond acceptors (Lipinski definition) is 4. The zero-order chi connectivity index (χ0) is 17.1. The van der Waals surface area contributed by atoms with Gasteiger partial charge < -0.3 is 9.72 Å². The fourth-order valence-corrected chi connectivity index (χ4v) is 2.36. The van der Waals surface area contributed by atoms with Gasteiger partial charge in [0, 0.05) is 5.56 Å². The van der Waals surface area contributed by atoms with Crippen LogP contribution in [0, 0.1) is 0 Å². The number of nitrogens with one attached hydrogen (secondary N) is 1. The van der Waals surface area contributed by atoms with Gasteiger partial charge in [-0.2, -0.15) is 5.10 Å². The summed E-state index contributed by atoms with van der Waals surface area (Å²) in [6.45, 7) is 7.43. The van der Waals surface area contributed by atoms with Crippen molar-refractivity contribution < 1.29 is 4.74 Å². The Morgan fingerprint density at radius 3 is 2.92 bits per heavy atom. The highest BCUT2D eigenvalue weighted by atomic mass is 16.5. The molecule has 2 heterocycles. The van der Waals surface area contributed by atoms with E-state index in [1.165, 1.54) is 6.20 Å². The molecule has 0 radical (unpaired) electrons. The summed E-state index contributed by atoms with van der Waals surface area (Å²) in [5, 5.41) is 4.64. The molecule has 0 spiro atoms. The lowest BCUT2D eigenvalue weighted by Gasteiger charge is -2.06. The molecule has 0 aliphatic heterocycles. The summed E-state index contributed by atoms with van der Waals surface area (Å²) in [6, 6.07) is 7.32. The Hall–Kier alpha value is -3.41. The van der Waals surface area contributed by atoms with Gasteiger partial charge in [-0.15, -0.1) is 0 Å². The van der Waals surface area contributed by atoms with Crippen LogP contribution in [0.3, 0.4) is 0 Å². The van der Waals surface area contributed by atoms with E-state index >= 15 is 0 Å². The lowest BCUT2D eigenvalue weighted by atomic mass is 10.2. The molecule has 24 heavy (non-hydrogen) atoms. The summed E-state index contributed by atoms with van der Waals surface area (Å²) in [6.07, 6.45) is 6.48. The maximum atomic E-state index is 12.4. The lowest BCUT2D eigenvalue weighted by molar-refractivity contribution is 0.415. The van der Waals surface area contributed by atoms with E-state index in [1.807, 2.05) is 18.2 Å². The van der Waals surface area contributed by atoms with Crippen molar-refractivity contribution in [2.24, 2.45) is 0 Å². The first-order valence-corrected chi connectivity index (χ1v) is 7.26. The summed E-state index contributed by atoms with van der Waals surface area (Å²) < 4.78 is 6.78. The molecular weight excluding hydrogens is 304 g/mol. The Labute approximate surface area is 138 Å². The predicted octanol–water partition coefficient (Wildman–Crippen LogP) is 3.01. The quantitative estimate of drug-likeness (QED) is 0.734. The van der Waals surface area contributed by atoms with E-state index in [0.717, 1.165) is 5.56 Å². The number of rotatable bonds is 5. The SMILES string of the molecule is C=C/C=C(\C=C)n1ncc2c(=O)[nH]c(-c3cccc(OC)c3)nc21. The number of nitrogens with zero attached hydrogens (tertiary/aromatic N) is 3. The molecule has 3 aromatic rings. The second kappa shape index (κ2) is 6.37. The molecule has 120 valence electrons. The summed E-state index contributed by atoms with van der Waals surface area (Å²) in [7, 11) is 1.59. The molecule has 6 nitrogen and oxygen atoms in total. The van der Waals surface area contributed by atoms with Gasteiger partial charge in [-0.25, -0.2) is 9.67 Å². The largest absolute Gasteiger partial charge is 0.497 e. The van der Waals surface area contributed by atoms with Gasteiger partial charge in [0.15, 0.2) is 5.65 Å². The van der Waals surface area contributed by atoms with Gasteiger partial charge >= 0.3 is 0 Å². The Kier molecular flexibility index (Phi) is 4.11. The summed E-state index contributed by atoms with van der Waals surface area (Å²) in [5.74, 6) is 1.12. The Morgan fingerprint density at radius 2 is 2.21 bits per heavy atom. The van der Waals surface area contributed by atoms with Gasteiger partial charge in [-0.1, -0.05) is 31.4 Å². The molecule has 0 saturated heterocycles. The van der Waals surface area contributed by atoms with Crippen LogP contribution in [0.25, 0.3) is 28.1 Å². The van der Waals surface area contributed by atoms with Gasteiger partial charge in [0.25, 0.3) is 5.56 Å². The number of aromatic nitrogens is 4. The van der Waals surface area contributed by atoms with Crippen LogP contribution in [-0.2, 0) is 0 Å². The third-order valence-corrected chi connectivity index (χ3v) is 3.52. The number of ether oxygens (including phenoxy) is 1. The minimum Gasteiger partial charge on any atom is -0.497 e. The molecule has 0 amide bonds. The van der Waals surface area contributed by atoms with E-state index in [1.54, 1.807) is 36.1 Å². The van der Waals surface area contributed by atoms with Crippen molar-refractivity contribution in [1.82, 2.24) is 19.7 Å². The number of H-pyrrole nitrogens is 1. The number of fused-ring (bicyclic) bond motifs is 1. The van der Waals surface area contributed by atoms with Crippen LogP contribution >= 0.6 is 0 Å². The summed E-state index contributed by atoms with van der Waals surface area (Å²) in [5.41, 5.74) is 1.61. The van der Waals surface area contributed by atoms with Crippen molar-refractivity contribution in [2.45, 2.75) is 0 Å². The van der Waals surface area contributed by atoms with Gasteiger partial charge in [0.1, 0.15) is 17.0 Å². The van der Waals surface area contributed by atoms with E-state index in [0.29, 0.717) is 28.3 Å². The van der Waals surface area contributed by atoms with E-state index in [2.05, 4.69) is 28.2 Å². The maximum Gasteiger partial charge on any atom is 0.262 e. The molecular formula is C18H16N4O2. The van der Waals surface area contributed by atoms with Crippen molar-refractivity contribution in [2.75, 3.05) is 7.11 Å². The predicted molar refractivity (Wildman–Crippen MR) is 94.8 cm³/mol. The molecule has 2 aromatic heterocycles. The molecule has 0 unspecified atom stereocenters. The fraction of sp³-hybridized carbons (Fsp3) is 0.0556. The standard InChI is InChI=1S/C18H16N4O2/c1-4-7-13(5-2)22-17-15(11-19-22)18(23)21-16(20-17)12-8-6-9-14(10-12)24-3/h4-11H,1-2H2,3H3,(H,20,21,23)/b13-7+. The van der Waals surface area contributed by atoms with E-state index in [4.69, 9.17) is 4.74 Å². The normalized spacial score (nSPS) is 11.5. The Balaban J connectivity index is 2.25. The highest BCUT2D eigenvalue weighted by molar-refractivity contribution is 5.80. The Morgan fingerprint density at radius 1 is 1.38 bits per heavy atom. The molecule has 0 bridgehead atoms. The lowest BCUT2D eigenvalue weighted by Crippen LogP contribution is -2.10. The number of hydrogen-bond donors (Lipinski definition) is 1. The molecule has 0 saturated carbocycles. The Bertz CT molecular complexity index is 1010. The first-order chi connectivity index (χ1) is 11.7. The number of allylic oxidation sites excluding steroid dienone is 4. The average Bonchev–Trinajstić information content (AvgIpc) is 3.04. The van der Waals surface area contributed by atoms with Crippen LogP contribution in [0.5, 0.6) is 5.75 Å². The van der Waals surface area contributed by atoms with Crippen molar-refractivity contribution in [3.05, 3.63) is 72.2 Å². The molecule has 0 fully saturated rings. The second-order valence-corrected chi connectivity index (χ2v) is 4.97.